The van der Waals surface area contributed by atoms with Gasteiger partial charge in [0.15, 0.2) is 0 Å². The van der Waals surface area contributed by atoms with Crippen LogP contribution < -0.4 is 5.73 Å². The molecule has 2 N–H and O–H groups in total. The standard InChI is InChI=1S/C11H16BrNOS/c1-6-3-8(5-14-6)11(13)10-4-9(12)7(2)15-10/h4,6,8,11H,3,5,13H2,1-2H3. The molecule has 1 fully saturated rings. The molecule has 1 aliphatic rings. The zero-order valence-corrected chi connectivity index (χ0v) is 11.4. The monoisotopic (exact) mass is 289 g/mol. The summed E-state index contributed by atoms with van der Waals surface area (Å²) < 4.78 is 6.73. The molecule has 3 unspecified atom stereocenters. The van der Waals surface area contributed by atoms with E-state index in [-0.39, 0.29) is 6.04 Å². The average molecular weight is 290 g/mol. The molecular formula is C11H16BrNOS. The van der Waals surface area contributed by atoms with Gasteiger partial charge in [0.25, 0.3) is 0 Å². The van der Waals surface area contributed by atoms with E-state index in [1.54, 1.807) is 11.3 Å². The number of aryl methyl sites for hydroxylation is 1. The molecule has 0 spiro atoms. The molecule has 1 aromatic heterocycles. The van der Waals surface area contributed by atoms with Crippen LogP contribution in [-0.2, 0) is 4.74 Å². The van der Waals surface area contributed by atoms with Crippen LogP contribution in [0.25, 0.3) is 0 Å². The Morgan fingerprint density at radius 2 is 2.40 bits per heavy atom. The Morgan fingerprint density at radius 3 is 2.87 bits per heavy atom. The van der Waals surface area contributed by atoms with E-state index in [9.17, 15) is 0 Å². The molecule has 15 heavy (non-hydrogen) atoms. The Balaban J connectivity index is 2.10. The first kappa shape index (κ1) is 11.6. The van der Waals surface area contributed by atoms with Gasteiger partial charge in [0, 0.05) is 26.2 Å². The van der Waals surface area contributed by atoms with Gasteiger partial charge in [-0.25, -0.2) is 0 Å². The lowest BCUT2D eigenvalue weighted by molar-refractivity contribution is 0.118. The van der Waals surface area contributed by atoms with Crippen molar-refractivity contribution in [1.82, 2.24) is 0 Å². The zero-order valence-electron chi connectivity index (χ0n) is 9.00. The van der Waals surface area contributed by atoms with Gasteiger partial charge >= 0.3 is 0 Å². The van der Waals surface area contributed by atoms with Crippen molar-refractivity contribution < 1.29 is 4.74 Å². The molecule has 2 heterocycles. The van der Waals surface area contributed by atoms with Crippen molar-refractivity contribution in [3.8, 4) is 0 Å². The molecule has 1 saturated heterocycles. The third kappa shape index (κ3) is 2.44. The van der Waals surface area contributed by atoms with Gasteiger partial charge in [-0.05, 0) is 42.3 Å². The molecule has 1 aliphatic heterocycles. The summed E-state index contributed by atoms with van der Waals surface area (Å²) >= 11 is 5.31. The van der Waals surface area contributed by atoms with Gasteiger partial charge < -0.3 is 10.5 Å². The molecular weight excluding hydrogens is 274 g/mol. The SMILES string of the molecule is Cc1sc(C(N)C2COC(C)C2)cc1Br. The number of hydrogen-bond acceptors (Lipinski definition) is 3. The van der Waals surface area contributed by atoms with Crippen LogP contribution in [-0.4, -0.2) is 12.7 Å². The van der Waals surface area contributed by atoms with E-state index >= 15 is 0 Å². The molecule has 0 aromatic carbocycles. The maximum absolute atomic E-state index is 6.25. The molecule has 0 amide bonds. The Morgan fingerprint density at radius 1 is 1.67 bits per heavy atom. The Labute approximate surface area is 103 Å². The summed E-state index contributed by atoms with van der Waals surface area (Å²) in [6.07, 6.45) is 1.45. The predicted octanol–water partition coefficient (Wildman–Crippen LogP) is 3.24. The van der Waals surface area contributed by atoms with E-state index < -0.39 is 0 Å². The van der Waals surface area contributed by atoms with Crippen LogP contribution in [0.1, 0.15) is 29.1 Å². The van der Waals surface area contributed by atoms with Gasteiger partial charge in [-0.2, -0.15) is 0 Å². The van der Waals surface area contributed by atoms with Crippen LogP contribution in [0.15, 0.2) is 10.5 Å². The van der Waals surface area contributed by atoms with E-state index in [0.29, 0.717) is 12.0 Å². The molecule has 2 nitrogen and oxygen atoms in total. The zero-order chi connectivity index (χ0) is 11.0. The minimum Gasteiger partial charge on any atom is -0.378 e. The van der Waals surface area contributed by atoms with Gasteiger partial charge in [0.2, 0.25) is 0 Å². The summed E-state index contributed by atoms with van der Waals surface area (Å²) in [5.41, 5.74) is 6.25. The van der Waals surface area contributed by atoms with Crippen molar-refractivity contribution >= 4 is 27.3 Å². The molecule has 4 heteroatoms. The van der Waals surface area contributed by atoms with Crippen LogP contribution in [0, 0.1) is 12.8 Å². The van der Waals surface area contributed by atoms with Gasteiger partial charge in [-0.15, -0.1) is 11.3 Å². The van der Waals surface area contributed by atoms with E-state index in [4.69, 9.17) is 10.5 Å². The first-order chi connectivity index (χ1) is 7.08. The van der Waals surface area contributed by atoms with Gasteiger partial charge in [-0.1, -0.05) is 0 Å². The second-order valence-corrected chi connectivity index (χ2v) is 6.36. The third-order valence-electron chi connectivity index (χ3n) is 2.94. The van der Waals surface area contributed by atoms with Crippen molar-refractivity contribution in [2.75, 3.05) is 6.61 Å². The largest absolute Gasteiger partial charge is 0.378 e. The highest BCUT2D eigenvalue weighted by atomic mass is 79.9. The fourth-order valence-corrected chi connectivity index (χ4v) is 3.63. The topological polar surface area (TPSA) is 35.2 Å². The van der Waals surface area contributed by atoms with Crippen LogP contribution in [0.3, 0.4) is 0 Å². The summed E-state index contributed by atoms with van der Waals surface area (Å²) in [6.45, 7) is 5.03. The molecule has 1 aromatic rings. The lowest BCUT2D eigenvalue weighted by Gasteiger charge is -2.15. The minimum atomic E-state index is 0.130. The summed E-state index contributed by atoms with van der Waals surface area (Å²) in [5, 5.41) is 0. The highest BCUT2D eigenvalue weighted by Gasteiger charge is 2.29. The van der Waals surface area contributed by atoms with E-state index in [1.807, 2.05) is 0 Å². The third-order valence-corrected chi connectivity index (χ3v) is 5.18. The fourth-order valence-electron chi connectivity index (χ4n) is 1.98. The molecule has 0 aliphatic carbocycles. The van der Waals surface area contributed by atoms with Crippen molar-refractivity contribution in [2.24, 2.45) is 11.7 Å². The normalized spacial score (nSPS) is 28.3. The van der Waals surface area contributed by atoms with Gasteiger partial charge in [-0.3, -0.25) is 0 Å². The first-order valence-corrected chi connectivity index (χ1v) is 6.82. The number of thiophene rings is 1. The number of nitrogens with two attached hydrogens (primary N) is 1. The molecule has 0 bridgehead atoms. The van der Waals surface area contributed by atoms with Crippen molar-refractivity contribution in [3.05, 3.63) is 20.3 Å². The summed E-state index contributed by atoms with van der Waals surface area (Å²) in [7, 11) is 0. The highest BCUT2D eigenvalue weighted by Crippen LogP contribution is 2.36. The fraction of sp³-hybridized carbons (Fsp3) is 0.636. The smallest absolute Gasteiger partial charge is 0.0551 e. The second-order valence-electron chi connectivity index (χ2n) is 4.22. The average Bonchev–Trinajstić information content (AvgIpc) is 2.74. The number of halogens is 1. The maximum Gasteiger partial charge on any atom is 0.0551 e. The van der Waals surface area contributed by atoms with Crippen molar-refractivity contribution in [1.29, 1.82) is 0 Å². The summed E-state index contributed by atoms with van der Waals surface area (Å²) in [5.74, 6) is 0.477. The minimum absolute atomic E-state index is 0.130. The molecule has 2 rings (SSSR count). The van der Waals surface area contributed by atoms with Gasteiger partial charge in [0.1, 0.15) is 0 Å². The number of hydrogen-bond donors (Lipinski definition) is 1. The van der Waals surface area contributed by atoms with Crippen molar-refractivity contribution in [3.63, 3.8) is 0 Å². The lowest BCUT2D eigenvalue weighted by Crippen LogP contribution is -2.20. The molecule has 0 radical (unpaired) electrons. The van der Waals surface area contributed by atoms with Crippen LogP contribution in [0.2, 0.25) is 0 Å². The molecule has 84 valence electrons. The van der Waals surface area contributed by atoms with E-state index in [0.717, 1.165) is 13.0 Å². The number of ether oxygens (including phenoxy) is 1. The van der Waals surface area contributed by atoms with Crippen LogP contribution >= 0.6 is 27.3 Å². The van der Waals surface area contributed by atoms with Gasteiger partial charge in [0.05, 0.1) is 12.7 Å². The summed E-state index contributed by atoms with van der Waals surface area (Å²) in [6, 6.07) is 2.28. The van der Waals surface area contributed by atoms with Crippen LogP contribution in [0.4, 0.5) is 0 Å². The Bertz CT molecular complexity index is 333. The number of rotatable bonds is 2. The van der Waals surface area contributed by atoms with Crippen LogP contribution in [0.5, 0.6) is 0 Å². The molecule has 3 atom stereocenters. The highest BCUT2D eigenvalue weighted by molar-refractivity contribution is 9.10. The summed E-state index contributed by atoms with van der Waals surface area (Å²) in [4.78, 5) is 2.56. The maximum atomic E-state index is 6.25. The second kappa shape index (κ2) is 4.53. The quantitative estimate of drug-likeness (QED) is 0.907. The lowest BCUT2D eigenvalue weighted by atomic mass is 9.96. The van der Waals surface area contributed by atoms with Crippen molar-refractivity contribution in [2.45, 2.75) is 32.4 Å². The predicted molar refractivity (Wildman–Crippen MR) is 67.2 cm³/mol. The Hall–Kier alpha value is 0.100. The van der Waals surface area contributed by atoms with E-state index in [2.05, 4.69) is 35.8 Å². The van der Waals surface area contributed by atoms with E-state index in [1.165, 1.54) is 14.2 Å². The Kier molecular flexibility index (Phi) is 3.50. The molecule has 0 saturated carbocycles. The first-order valence-electron chi connectivity index (χ1n) is 5.21.